The summed E-state index contributed by atoms with van der Waals surface area (Å²) in [4.78, 5) is 5.16. The van der Waals surface area contributed by atoms with Crippen LogP contribution in [0.1, 0.15) is 78.1 Å². The monoisotopic (exact) mass is 327 g/mol. The second-order valence-corrected chi connectivity index (χ2v) is 9.96. The number of allylic oxidation sites excluding steroid dienone is 1. The van der Waals surface area contributed by atoms with Crippen LogP contribution in [0.4, 0.5) is 0 Å². The molecule has 0 aromatic carbocycles. The van der Waals surface area contributed by atoms with Crippen molar-refractivity contribution in [2.24, 2.45) is 33.6 Å². The van der Waals surface area contributed by atoms with Crippen LogP contribution in [0, 0.1) is 28.6 Å². The number of hydrogen-bond acceptors (Lipinski definition) is 2. The SMILES string of the molecule is C[C@]12CCC(O)CC1=CC[C@@H]1[C@H]2CC[C@]2(C)C(=NC3CC3)CC[C@@H]12. The van der Waals surface area contributed by atoms with Crippen LogP contribution in [0.2, 0.25) is 0 Å². The fourth-order valence-electron chi connectivity index (χ4n) is 7.07. The highest BCUT2D eigenvalue weighted by Crippen LogP contribution is 2.64. The van der Waals surface area contributed by atoms with Crippen molar-refractivity contribution < 1.29 is 5.11 Å². The van der Waals surface area contributed by atoms with E-state index in [1.807, 2.05) is 0 Å². The zero-order chi connectivity index (χ0) is 16.5. The Morgan fingerprint density at radius 3 is 2.54 bits per heavy atom. The minimum atomic E-state index is -0.0847. The van der Waals surface area contributed by atoms with E-state index >= 15 is 0 Å². The lowest BCUT2D eigenvalue weighted by Crippen LogP contribution is -2.50. The first-order valence-electron chi connectivity index (χ1n) is 10.5. The first-order valence-corrected chi connectivity index (χ1v) is 10.5. The van der Waals surface area contributed by atoms with E-state index in [1.165, 1.54) is 51.4 Å². The second kappa shape index (κ2) is 5.19. The highest BCUT2D eigenvalue weighted by atomic mass is 16.3. The van der Waals surface area contributed by atoms with Gasteiger partial charge in [0.25, 0.3) is 0 Å². The smallest absolute Gasteiger partial charge is 0.0577 e. The van der Waals surface area contributed by atoms with E-state index in [0.29, 0.717) is 16.9 Å². The molecule has 5 aliphatic carbocycles. The number of nitrogens with zero attached hydrogens (tertiary/aromatic N) is 1. The Hall–Kier alpha value is -0.630. The first kappa shape index (κ1) is 15.6. The van der Waals surface area contributed by atoms with Gasteiger partial charge in [0.05, 0.1) is 12.1 Å². The fraction of sp³-hybridized carbons (Fsp3) is 0.864. The molecule has 24 heavy (non-hydrogen) atoms. The predicted molar refractivity (Wildman–Crippen MR) is 98.2 cm³/mol. The zero-order valence-corrected chi connectivity index (χ0v) is 15.4. The Kier molecular flexibility index (Phi) is 3.38. The normalized spacial score (nSPS) is 52.5. The summed E-state index contributed by atoms with van der Waals surface area (Å²) in [5, 5.41) is 10.1. The highest BCUT2D eigenvalue weighted by molar-refractivity contribution is 5.92. The van der Waals surface area contributed by atoms with Gasteiger partial charge in [-0.25, -0.2) is 0 Å². The highest BCUT2D eigenvalue weighted by Gasteiger charge is 2.57. The Bertz CT molecular complexity index is 603. The number of aliphatic imine (C=N–C) groups is 1. The summed E-state index contributed by atoms with van der Waals surface area (Å²) in [7, 11) is 0. The molecule has 0 saturated heterocycles. The molecular weight excluding hydrogens is 294 g/mol. The minimum absolute atomic E-state index is 0.0847. The minimum Gasteiger partial charge on any atom is -0.393 e. The maximum absolute atomic E-state index is 10.1. The quantitative estimate of drug-likeness (QED) is 0.682. The number of fused-ring (bicyclic) bond motifs is 5. The number of aliphatic hydroxyl groups excluding tert-OH is 1. The summed E-state index contributed by atoms with van der Waals surface area (Å²) in [6, 6.07) is 0.684. The van der Waals surface area contributed by atoms with Crippen LogP contribution < -0.4 is 0 Å². The third kappa shape index (κ3) is 2.14. The fourth-order valence-corrected chi connectivity index (χ4v) is 7.07. The average molecular weight is 328 g/mol. The molecule has 0 heterocycles. The van der Waals surface area contributed by atoms with Crippen molar-refractivity contribution >= 4 is 5.71 Å². The molecular formula is C22H33NO. The Balaban J connectivity index is 1.46. The van der Waals surface area contributed by atoms with E-state index in [-0.39, 0.29) is 6.10 Å². The molecule has 5 rings (SSSR count). The Morgan fingerprint density at radius 1 is 1.00 bits per heavy atom. The molecule has 4 fully saturated rings. The molecule has 4 saturated carbocycles. The molecule has 6 atom stereocenters. The average Bonchev–Trinajstić information content (AvgIpc) is 3.31. The lowest BCUT2D eigenvalue weighted by molar-refractivity contribution is -0.0209. The Labute approximate surface area is 146 Å². The molecule has 2 heteroatoms. The van der Waals surface area contributed by atoms with Crippen molar-refractivity contribution in [2.75, 3.05) is 0 Å². The van der Waals surface area contributed by atoms with Crippen LogP contribution >= 0.6 is 0 Å². The number of rotatable bonds is 1. The van der Waals surface area contributed by atoms with Crippen LogP contribution in [-0.4, -0.2) is 23.0 Å². The molecule has 1 unspecified atom stereocenters. The lowest BCUT2D eigenvalue weighted by atomic mass is 9.48. The van der Waals surface area contributed by atoms with E-state index in [2.05, 4.69) is 19.9 Å². The standard InChI is InChI=1S/C22H33NO/c1-21-11-9-16(24)13-14(21)3-6-17-18-7-8-20(23-15-4-5-15)22(18,2)12-10-19(17)21/h3,15-19,24H,4-13H2,1-2H3/t16?,17-,18-,19+,21-,22-/m0/s1. The molecule has 0 spiro atoms. The van der Waals surface area contributed by atoms with Crippen molar-refractivity contribution in [3.05, 3.63) is 11.6 Å². The maximum Gasteiger partial charge on any atom is 0.0577 e. The van der Waals surface area contributed by atoms with Crippen LogP contribution in [0.5, 0.6) is 0 Å². The zero-order valence-electron chi connectivity index (χ0n) is 15.4. The van der Waals surface area contributed by atoms with Crippen LogP contribution in [0.3, 0.4) is 0 Å². The van der Waals surface area contributed by atoms with Crippen LogP contribution in [0.25, 0.3) is 0 Å². The van der Waals surface area contributed by atoms with E-state index in [4.69, 9.17) is 4.99 Å². The third-order valence-electron chi connectivity index (χ3n) is 8.70. The van der Waals surface area contributed by atoms with Crippen LogP contribution in [0.15, 0.2) is 16.6 Å². The molecule has 0 bridgehead atoms. The van der Waals surface area contributed by atoms with E-state index in [0.717, 1.165) is 30.6 Å². The molecule has 0 radical (unpaired) electrons. The lowest BCUT2D eigenvalue weighted by Gasteiger charge is -2.57. The Morgan fingerprint density at radius 2 is 1.75 bits per heavy atom. The summed E-state index contributed by atoms with van der Waals surface area (Å²) >= 11 is 0. The van der Waals surface area contributed by atoms with Crippen molar-refractivity contribution in [3.8, 4) is 0 Å². The van der Waals surface area contributed by atoms with Gasteiger partial charge in [-0.2, -0.15) is 0 Å². The van der Waals surface area contributed by atoms with Gasteiger partial charge >= 0.3 is 0 Å². The molecule has 132 valence electrons. The largest absolute Gasteiger partial charge is 0.393 e. The summed E-state index contributed by atoms with van der Waals surface area (Å²) in [6.07, 6.45) is 14.9. The van der Waals surface area contributed by atoms with Crippen LogP contribution in [-0.2, 0) is 0 Å². The summed E-state index contributed by atoms with van der Waals surface area (Å²) in [5.41, 5.74) is 3.96. The molecule has 0 amide bonds. The third-order valence-corrected chi connectivity index (χ3v) is 8.70. The van der Waals surface area contributed by atoms with Gasteiger partial charge in [-0.05, 0) is 87.4 Å². The van der Waals surface area contributed by atoms with Gasteiger partial charge in [-0.3, -0.25) is 4.99 Å². The van der Waals surface area contributed by atoms with Crippen molar-refractivity contribution in [2.45, 2.75) is 90.2 Å². The van der Waals surface area contributed by atoms with Crippen molar-refractivity contribution in [3.63, 3.8) is 0 Å². The predicted octanol–water partition coefficient (Wildman–Crippen LogP) is 4.91. The van der Waals surface area contributed by atoms with Gasteiger partial charge in [0.2, 0.25) is 0 Å². The van der Waals surface area contributed by atoms with Gasteiger partial charge in [-0.15, -0.1) is 0 Å². The van der Waals surface area contributed by atoms with Crippen molar-refractivity contribution in [1.82, 2.24) is 0 Å². The molecule has 0 aromatic rings. The number of hydrogen-bond donors (Lipinski definition) is 1. The molecule has 0 aromatic heterocycles. The van der Waals surface area contributed by atoms with E-state index in [1.54, 1.807) is 11.3 Å². The van der Waals surface area contributed by atoms with Gasteiger partial charge in [0.1, 0.15) is 0 Å². The van der Waals surface area contributed by atoms with Gasteiger partial charge in [0.15, 0.2) is 0 Å². The molecule has 0 aliphatic heterocycles. The molecule has 1 N–H and O–H groups in total. The summed E-state index contributed by atoms with van der Waals surface area (Å²) in [5.74, 6) is 2.57. The summed E-state index contributed by atoms with van der Waals surface area (Å²) < 4.78 is 0. The van der Waals surface area contributed by atoms with E-state index < -0.39 is 0 Å². The number of aliphatic hydroxyl groups is 1. The van der Waals surface area contributed by atoms with Crippen molar-refractivity contribution in [1.29, 1.82) is 0 Å². The summed E-state index contributed by atoms with van der Waals surface area (Å²) in [6.45, 7) is 5.08. The topological polar surface area (TPSA) is 32.6 Å². The van der Waals surface area contributed by atoms with E-state index in [9.17, 15) is 5.11 Å². The molecule has 5 aliphatic rings. The van der Waals surface area contributed by atoms with Gasteiger partial charge in [-0.1, -0.05) is 25.5 Å². The van der Waals surface area contributed by atoms with Gasteiger partial charge in [0, 0.05) is 11.1 Å². The second-order valence-electron chi connectivity index (χ2n) is 9.96. The van der Waals surface area contributed by atoms with Gasteiger partial charge < -0.3 is 5.11 Å². The molecule has 2 nitrogen and oxygen atoms in total. The first-order chi connectivity index (χ1) is 11.5. The maximum atomic E-state index is 10.1.